The number of carbonyl (C=O) groups excluding carboxylic acids is 1. The Bertz CT molecular complexity index is 881. The molecule has 1 aromatic carbocycles. The van der Waals surface area contributed by atoms with Crippen LogP contribution in [0.2, 0.25) is 0 Å². The van der Waals surface area contributed by atoms with Crippen LogP contribution in [0.25, 0.3) is 0 Å². The summed E-state index contributed by atoms with van der Waals surface area (Å²) in [4.78, 5) is 22.9. The maximum Gasteiger partial charge on any atom is 0.253 e. The molecule has 3 rings (SSSR count). The second-order valence-corrected chi connectivity index (χ2v) is 6.46. The van der Waals surface area contributed by atoms with Gasteiger partial charge in [0.05, 0.1) is 12.7 Å². The molecule has 2 heterocycles. The fourth-order valence-corrected chi connectivity index (χ4v) is 2.73. The van der Waals surface area contributed by atoms with Gasteiger partial charge in [-0.05, 0) is 53.9 Å². The van der Waals surface area contributed by atoms with Crippen LogP contribution >= 0.6 is 0 Å². The summed E-state index contributed by atoms with van der Waals surface area (Å²) in [6, 6.07) is 15.3. The lowest BCUT2D eigenvalue weighted by molar-refractivity contribution is 0.0950. The monoisotopic (exact) mass is 376 g/mol. The van der Waals surface area contributed by atoms with E-state index in [1.54, 1.807) is 31.8 Å². The van der Waals surface area contributed by atoms with Crippen LogP contribution in [0.3, 0.4) is 0 Å². The molecule has 0 aliphatic rings. The van der Waals surface area contributed by atoms with E-state index in [4.69, 9.17) is 4.74 Å². The molecule has 0 atom stereocenters. The molecule has 0 fully saturated rings. The lowest BCUT2D eigenvalue weighted by atomic mass is 10.2. The number of rotatable bonds is 8. The highest BCUT2D eigenvalue weighted by Crippen LogP contribution is 2.13. The number of carbonyl (C=O) groups is 1. The molecule has 0 aliphatic heterocycles. The van der Waals surface area contributed by atoms with Gasteiger partial charge in [0.2, 0.25) is 0 Å². The van der Waals surface area contributed by atoms with Gasteiger partial charge in [-0.2, -0.15) is 0 Å². The first-order valence-electron chi connectivity index (χ1n) is 9.13. The van der Waals surface area contributed by atoms with E-state index < -0.39 is 0 Å². The molecule has 3 aromatic rings. The predicted molar refractivity (Wildman–Crippen MR) is 110 cm³/mol. The Morgan fingerprint density at radius 1 is 1.04 bits per heavy atom. The summed E-state index contributed by atoms with van der Waals surface area (Å²) < 4.78 is 5.13. The van der Waals surface area contributed by atoms with E-state index in [9.17, 15) is 4.79 Å². The van der Waals surface area contributed by atoms with Crippen LogP contribution in [0, 0.1) is 0 Å². The number of nitrogens with one attached hydrogen (secondary N) is 1. The molecular formula is C22H24N4O2. The summed E-state index contributed by atoms with van der Waals surface area (Å²) in [7, 11) is 3.62. The van der Waals surface area contributed by atoms with Gasteiger partial charge < -0.3 is 15.0 Å². The first kappa shape index (κ1) is 19.4. The van der Waals surface area contributed by atoms with Gasteiger partial charge in [-0.3, -0.25) is 9.78 Å². The van der Waals surface area contributed by atoms with E-state index in [0.29, 0.717) is 12.1 Å². The number of hydrogen-bond acceptors (Lipinski definition) is 5. The predicted octanol–water partition coefficient (Wildman–Crippen LogP) is 3.09. The van der Waals surface area contributed by atoms with Crippen molar-refractivity contribution in [3.63, 3.8) is 0 Å². The van der Waals surface area contributed by atoms with Crippen molar-refractivity contribution in [2.24, 2.45) is 0 Å². The molecule has 1 amide bonds. The topological polar surface area (TPSA) is 67.3 Å². The molecule has 6 nitrogen and oxygen atoms in total. The van der Waals surface area contributed by atoms with Gasteiger partial charge in [0.1, 0.15) is 11.6 Å². The van der Waals surface area contributed by atoms with Crippen LogP contribution in [-0.2, 0) is 13.0 Å². The zero-order valence-corrected chi connectivity index (χ0v) is 16.1. The zero-order chi connectivity index (χ0) is 19.8. The summed E-state index contributed by atoms with van der Waals surface area (Å²) in [5.74, 6) is 1.48. The molecule has 2 aromatic heterocycles. The van der Waals surface area contributed by atoms with Gasteiger partial charge in [-0.1, -0.05) is 12.1 Å². The molecule has 0 saturated heterocycles. The molecule has 0 radical (unpaired) electrons. The second-order valence-electron chi connectivity index (χ2n) is 6.46. The Balaban J connectivity index is 1.51. The number of ether oxygens (including phenoxy) is 1. The van der Waals surface area contributed by atoms with E-state index in [1.165, 1.54) is 5.56 Å². The summed E-state index contributed by atoms with van der Waals surface area (Å²) >= 11 is 0. The minimum absolute atomic E-state index is 0.144. The number of amides is 1. The molecule has 0 unspecified atom stereocenters. The molecule has 0 spiro atoms. The van der Waals surface area contributed by atoms with Crippen LogP contribution in [0.1, 0.15) is 21.5 Å². The van der Waals surface area contributed by atoms with Crippen LogP contribution in [0.4, 0.5) is 5.82 Å². The number of methoxy groups -OCH3 is 1. The zero-order valence-electron chi connectivity index (χ0n) is 16.1. The summed E-state index contributed by atoms with van der Waals surface area (Å²) in [6.07, 6.45) is 6.12. The lowest BCUT2D eigenvalue weighted by Crippen LogP contribution is -2.24. The number of nitrogens with zero attached hydrogens (tertiary/aromatic N) is 3. The SMILES string of the molecule is COc1ccc(CNC(=O)c2ccc(N(C)CCc3ccncc3)nc2)cc1. The van der Waals surface area contributed by atoms with Gasteiger partial charge >= 0.3 is 0 Å². The minimum atomic E-state index is -0.144. The fraction of sp³-hybridized carbons (Fsp3) is 0.227. The van der Waals surface area contributed by atoms with Gasteiger partial charge in [-0.15, -0.1) is 0 Å². The van der Waals surface area contributed by atoms with E-state index in [0.717, 1.165) is 30.1 Å². The third kappa shape index (κ3) is 5.30. The van der Waals surface area contributed by atoms with Crippen LogP contribution in [0.15, 0.2) is 67.1 Å². The quantitative estimate of drug-likeness (QED) is 0.654. The van der Waals surface area contributed by atoms with Crippen molar-refractivity contribution in [2.75, 3.05) is 25.6 Å². The Hall–Kier alpha value is -3.41. The molecule has 1 N–H and O–H groups in total. The average Bonchev–Trinajstić information content (AvgIpc) is 2.77. The fourth-order valence-electron chi connectivity index (χ4n) is 2.73. The summed E-state index contributed by atoms with van der Waals surface area (Å²) in [5, 5.41) is 2.91. The maximum absolute atomic E-state index is 12.3. The first-order valence-corrected chi connectivity index (χ1v) is 9.13. The highest BCUT2D eigenvalue weighted by Gasteiger charge is 2.08. The molecule has 0 bridgehead atoms. The van der Waals surface area contributed by atoms with Crippen molar-refractivity contribution in [1.29, 1.82) is 0 Å². The van der Waals surface area contributed by atoms with E-state index in [1.807, 2.05) is 49.5 Å². The number of aromatic nitrogens is 2. The third-order valence-electron chi connectivity index (χ3n) is 4.50. The van der Waals surface area contributed by atoms with Gasteiger partial charge in [0, 0.05) is 38.7 Å². The number of benzene rings is 1. The van der Waals surface area contributed by atoms with Gasteiger partial charge in [0.15, 0.2) is 0 Å². The molecular weight excluding hydrogens is 352 g/mol. The van der Waals surface area contributed by atoms with E-state index >= 15 is 0 Å². The Morgan fingerprint density at radius 2 is 1.79 bits per heavy atom. The normalized spacial score (nSPS) is 10.4. The van der Waals surface area contributed by atoms with E-state index in [2.05, 4.69) is 20.2 Å². The van der Waals surface area contributed by atoms with Crippen LogP contribution in [-0.4, -0.2) is 36.6 Å². The molecule has 28 heavy (non-hydrogen) atoms. The summed E-state index contributed by atoms with van der Waals surface area (Å²) in [5.41, 5.74) is 2.78. The summed E-state index contributed by atoms with van der Waals surface area (Å²) in [6.45, 7) is 1.29. The minimum Gasteiger partial charge on any atom is -0.497 e. The van der Waals surface area contributed by atoms with Crippen molar-refractivity contribution < 1.29 is 9.53 Å². The molecule has 144 valence electrons. The third-order valence-corrected chi connectivity index (χ3v) is 4.50. The number of pyridine rings is 2. The Labute approximate surface area is 165 Å². The Kier molecular flexibility index (Phi) is 6.57. The highest BCUT2D eigenvalue weighted by atomic mass is 16.5. The lowest BCUT2D eigenvalue weighted by Gasteiger charge is -2.18. The number of anilines is 1. The maximum atomic E-state index is 12.3. The van der Waals surface area contributed by atoms with Gasteiger partial charge in [0.25, 0.3) is 5.91 Å². The first-order chi connectivity index (χ1) is 13.7. The second kappa shape index (κ2) is 9.50. The smallest absolute Gasteiger partial charge is 0.253 e. The average molecular weight is 376 g/mol. The Morgan fingerprint density at radius 3 is 2.43 bits per heavy atom. The van der Waals surface area contributed by atoms with Gasteiger partial charge in [-0.25, -0.2) is 4.98 Å². The van der Waals surface area contributed by atoms with Crippen LogP contribution in [0.5, 0.6) is 5.75 Å². The number of likely N-dealkylation sites (N-methyl/N-ethyl adjacent to an activating group) is 1. The van der Waals surface area contributed by atoms with Crippen molar-refractivity contribution in [2.45, 2.75) is 13.0 Å². The van der Waals surface area contributed by atoms with Crippen LogP contribution < -0.4 is 15.0 Å². The highest BCUT2D eigenvalue weighted by molar-refractivity contribution is 5.94. The van der Waals surface area contributed by atoms with E-state index in [-0.39, 0.29) is 5.91 Å². The molecule has 0 saturated carbocycles. The van der Waals surface area contributed by atoms with Crippen molar-refractivity contribution in [3.8, 4) is 5.75 Å². The largest absolute Gasteiger partial charge is 0.497 e. The van der Waals surface area contributed by atoms with Crippen molar-refractivity contribution in [3.05, 3.63) is 83.8 Å². The standard InChI is InChI=1S/C22H24N4O2/c1-26(14-11-17-9-12-23-13-10-17)21-8-5-19(16-24-21)22(27)25-15-18-3-6-20(28-2)7-4-18/h3-10,12-13,16H,11,14-15H2,1-2H3,(H,25,27). The van der Waals surface area contributed by atoms with Crippen molar-refractivity contribution >= 4 is 11.7 Å². The molecule has 6 heteroatoms. The number of hydrogen-bond donors (Lipinski definition) is 1. The molecule has 0 aliphatic carbocycles. The van der Waals surface area contributed by atoms with Crippen molar-refractivity contribution in [1.82, 2.24) is 15.3 Å².